The van der Waals surface area contributed by atoms with E-state index in [1.807, 2.05) is 29.0 Å². The molecule has 0 amide bonds. The first-order chi connectivity index (χ1) is 14.1. The molecule has 158 valence electrons. The van der Waals surface area contributed by atoms with Gasteiger partial charge in [0.05, 0.1) is 17.6 Å². The Morgan fingerprint density at radius 2 is 1.83 bits per heavy atom. The average Bonchev–Trinajstić information content (AvgIpc) is 3.46. The summed E-state index contributed by atoms with van der Waals surface area (Å²) < 4.78 is 47.1. The molecule has 4 rings (SSSR count). The molecule has 0 bridgehead atoms. The van der Waals surface area contributed by atoms with Crippen LogP contribution in [0.15, 0.2) is 42.7 Å². The van der Waals surface area contributed by atoms with Crippen molar-refractivity contribution in [1.82, 2.24) is 9.55 Å². The van der Waals surface area contributed by atoms with Crippen LogP contribution in [-0.4, -0.2) is 32.6 Å². The molecule has 0 saturated heterocycles. The molecule has 1 saturated carbocycles. The third-order valence-corrected chi connectivity index (χ3v) is 4.71. The van der Waals surface area contributed by atoms with Crippen LogP contribution < -0.4 is 0 Å². The summed E-state index contributed by atoms with van der Waals surface area (Å²) in [6.07, 6.45) is 0.673. The molecule has 2 heterocycles. The van der Waals surface area contributed by atoms with E-state index in [4.69, 9.17) is 9.90 Å². The summed E-state index contributed by atoms with van der Waals surface area (Å²) in [5, 5.41) is 7.12. The molecular formula is C21H18F4N2O3. The van der Waals surface area contributed by atoms with Gasteiger partial charge < -0.3 is 9.67 Å². The van der Waals surface area contributed by atoms with Gasteiger partial charge in [0.25, 0.3) is 0 Å². The second kappa shape index (κ2) is 8.25. The third kappa shape index (κ3) is 5.03. The topological polar surface area (TPSA) is 72.2 Å². The first-order valence-corrected chi connectivity index (χ1v) is 9.10. The van der Waals surface area contributed by atoms with Crippen LogP contribution in [0.1, 0.15) is 18.4 Å². The molecule has 1 aromatic carbocycles. The van der Waals surface area contributed by atoms with Crippen molar-refractivity contribution < 1.29 is 32.3 Å². The number of fused-ring (bicyclic) bond motifs is 1. The second-order valence-electron chi connectivity index (χ2n) is 7.08. The number of alkyl halides is 3. The number of carbonyl (C=O) groups excluding carboxylic acids is 1. The minimum Gasteiger partial charge on any atom is -0.475 e. The lowest BCUT2D eigenvalue weighted by molar-refractivity contribution is -0.192. The Hall–Kier alpha value is -3.23. The maximum absolute atomic E-state index is 13.4. The molecule has 5 nitrogen and oxygen atoms in total. The quantitative estimate of drug-likeness (QED) is 0.615. The molecule has 1 N–H and O–H groups in total. The standard InChI is InChI=1S/C19H17FN2O.C2HF3O2/c1-12-8-14(4-5-16(12)20)15-9-18-17(21-10-15)6-7-22(18)11-19(23)13-2-3-13;3-2(4,5)1(6)7/h4-10,13H,2-3,11H2,1H3;(H,6,7). The number of carboxylic acid groups (broad SMARTS) is 1. The van der Waals surface area contributed by atoms with Gasteiger partial charge in [-0.2, -0.15) is 13.2 Å². The highest BCUT2D eigenvalue weighted by Gasteiger charge is 2.38. The van der Waals surface area contributed by atoms with E-state index in [-0.39, 0.29) is 11.7 Å². The SMILES string of the molecule is Cc1cc(-c2cnc3ccn(CC(=O)C4CC4)c3c2)ccc1F.O=C(O)C(F)(F)F. The van der Waals surface area contributed by atoms with Crippen molar-refractivity contribution in [3.8, 4) is 11.1 Å². The van der Waals surface area contributed by atoms with Crippen molar-refractivity contribution in [2.24, 2.45) is 5.92 Å². The summed E-state index contributed by atoms with van der Waals surface area (Å²) in [5.41, 5.74) is 4.29. The number of aryl methyl sites for hydroxylation is 1. The Kier molecular flexibility index (Phi) is 5.91. The van der Waals surface area contributed by atoms with Gasteiger partial charge in [0.1, 0.15) is 5.82 Å². The lowest BCUT2D eigenvalue weighted by Crippen LogP contribution is -2.21. The number of nitrogens with zero attached hydrogens (tertiary/aromatic N) is 2. The lowest BCUT2D eigenvalue weighted by atomic mass is 10.0. The first kappa shape index (κ1) is 21.5. The summed E-state index contributed by atoms with van der Waals surface area (Å²) in [5.74, 6) is -2.41. The van der Waals surface area contributed by atoms with Crippen molar-refractivity contribution >= 4 is 22.8 Å². The van der Waals surface area contributed by atoms with E-state index in [2.05, 4.69) is 4.98 Å². The number of ketones is 1. The Balaban J connectivity index is 0.000000318. The van der Waals surface area contributed by atoms with Crippen LogP contribution in [-0.2, 0) is 16.1 Å². The molecule has 2 aromatic heterocycles. The number of hydrogen-bond donors (Lipinski definition) is 1. The van der Waals surface area contributed by atoms with Gasteiger partial charge in [-0.25, -0.2) is 9.18 Å². The molecule has 1 aliphatic rings. The predicted octanol–water partition coefficient (Wildman–Crippen LogP) is 4.76. The number of benzene rings is 1. The molecule has 1 aliphatic carbocycles. The van der Waals surface area contributed by atoms with Crippen LogP contribution in [0.4, 0.5) is 17.6 Å². The summed E-state index contributed by atoms with van der Waals surface area (Å²) in [7, 11) is 0. The van der Waals surface area contributed by atoms with Gasteiger partial charge in [0.15, 0.2) is 5.78 Å². The van der Waals surface area contributed by atoms with Crippen molar-refractivity contribution in [1.29, 1.82) is 0 Å². The second-order valence-corrected chi connectivity index (χ2v) is 7.08. The Bertz CT molecular complexity index is 1100. The number of carboxylic acids is 1. The van der Waals surface area contributed by atoms with Crippen LogP contribution in [0, 0.1) is 18.7 Å². The number of carbonyl (C=O) groups is 2. The highest BCUT2D eigenvalue weighted by atomic mass is 19.4. The van der Waals surface area contributed by atoms with E-state index in [1.165, 1.54) is 6.07 Å². The predicted molar refractivity (Wildman–Crippen MR) is 101 cm³/mol. The van der Waals surface area contributed by atoms with Gasteiger partial charge in [-0.05, 0) is 55.2 Å². The summed E-state index contributed by atoms with van der Waals surface area (Å²) >= 11 is 0. The molecular weight excluding hydrogens is 404 g/mol. The molecule has 1 fully saturated rings. The normalized spacial score (nSPS) is 13.6. The van der Waals surface area contributed by atoms with E-state index >= 15 is 0 Å². The van der Waals surface area contributed by atoms with Gasteiger partial charge in [-0.1, -0.05) is 6.07 Å². The van der Waals surface area contributed by atoms with Crippen molar-refractivity contribution in [3.05, 3.63) is 54.1 Å². The molecule has 9 heteroatoms. The fourth-order valence-corrected chi connectivity index (χ4v) is 2.89. The van der Waals surface area contributed by atoms with Crippen molar-refractivity contribution in [3.63, 3.8) is 0 Å². The van der Waals surface area contributed by atoms with E-state index in [0.29, 0.717) is 17.9 Å². The maximum Gasteiger partial charge on any atom is 0.490 e. The van der Waals surface area contributed by atoms with Gasteiger partial charge >= 0.3 is 12.1 Å². The first-order valence-electron chi connectivity index (χ1n) is 9.10. The minimum absolute atomic E-state index is 0.207. The van der Waals surface area contributed by atoms with Gasteiger partial charge in [-0.3, -0.25) is 9.78 Å². The number of aromatic nitrogens is 2. The monoisotopic (exact) mass is 422 g/mol. The van der Waals surface area contributed by atoms with E-state index in [0.717, 1.165) is 35.0 Å². The van der Waals surface area contributed by atoms with Crippen molar-refractivity contribution in [2.45, 2.75) is 32.5 Å². The van der Waals surface area contributed by atoms with E-state index in [1.54, 1.807) is 19.2 Å². The van der Waals surface area contributed by atoms with E-state index < -0.39 is 12.1 Å². The number of aliphatic carboxylic acids is 1. The molecule has 0 aliphatic heterocycles. The maximum atomic E-state index is 13.4. The van der Waals surface area contributed by atoms with Crippen LogP contribution in [0.3, 0.4) is 0 Å². The number of rotatable bonds is 4. The fourth-order valence-electron chi connectivity index (χ4n) is 2.89. The fraction of sp³-hybridized carbons (Fsp3) is 0.286. The van der Waals surface area contributed by atoms with Gasteiger partial charge in [-0.15, -0.1) is 0 Å². The summed E-state index contributed by atoms with van der Waals surface area (Å²) in [4.78, 5) is 25.4. The number of Topliss-reactive ketones (excluding diaryl/α,β-unsaturated/α-hetero) is 1. The Labute approximate surface area is 169 Å². The molecule has 0 unspecified atom stereocenters. The zero-order valence-electron chi connectivity index (χ0n) is 15.9. The molecule has 0 spiro atoms. The summed E-state index contributed by atoms with van der Waals surface area (Å²) in [6.45, 7) is 2.16. The molecule has 0 radical (unpaired) electrons. The van der Waals surface area contributed by atoms with Crippen LogP contribution in [0.2, 0.25) is 0 Å². The number of hydrogen-bond acceptors (Lipinski definition) is 3. The van der Waals surface area contributed by atoms with Crippen LogP contribution in [0.5, 0.6) is 0 Å². The zero-order chi connectivity index (χ0) is 22.1. The van der Waals surface area contributed by atoms with Crippen LogP contribution in [0.25, 0.3) is 22.2 Å². The molecule has 30 heavy (non-hydrogen) atoms. The smallest absolute Gasteiger partial charge is 0.475 e. The van der Waals surface area contributed by atoms with E-state index in [9.17, 15) is 22.4 Å². The highest BCUT2D eigenvalue weighted by Crippen LogP contribution is 2.31. The third-order valence-electron chi connectivity index (χ3n) is 4.71. The summed E-state index contributed by atoms with van der Waals surface area (Å²) in [6, 6.07) is 9.00. The Morgan fingerprint density at radius 1 is 1.17 bits per heavy atom. The number of halogens is 4. The Morgan fingerprint density at radius 3 is 2.40 bits per heavy atom. The van der Waals surface area contributed by atoms with Crippen LogP contribution >= 0.6 is 0 Å². The van der Waals surface area contributed by atoms with Gasteiger partial charge in [0, 0.05) is 23.9 Å². The van der Waals surface area contributed by atoms with Crippen molar-refractivity contribution in [2.75, 3.05) is 0 Å². The van der Waals surface area contributed by atoms with Gasteiger partial charge in [0.2, 0.25) is 0 Å². The minimum atomic E-state index is -5.08. The number of pyridine rings is 1. The largest absolute Gasteiger partial charge is 0.490 e. The highest BCUT2D eigenvalue weighted by molar-refractivity contribution is 5.86. The molecule has 3 aromatic rings. The lowest BCUT2D eigenvalue weighted by Gasteiger charge is -2.07. The molecule has 0 atom stereocenters. The zero-order valence-corrected chi connectivity index (χ0v) is 15.9. The average molecular weight is 422 g/mol.